The molecule has 0 unspecified atom stereocenters. The highest BCUT2D eigenvalue weighted by Gasteiger charge is 2.28. The fourth-order valence-corrected chi connectivity index (χ4v) is 2.60. The number of likely N-dealkylation sites (tertiary alicyclic amines) is 1. The minimum atomic E-state index is 0.229. The Bertz CT molecular complexity index is 393. The Hall–Kier alpha value is -1.42. The van der Waals surface area contributed by atoms with Crippen LogP contribution in [0.3, 0.4) is 0 Å². The minimum Gasteiger partial charge on any atom is -0.338 e. The average molecular weight is 247 g/mol. The fraction of sp³-hybridized carbons (Fsp3) is 0.571. The number of hydrogen-bond acceptors (Lipinski definition) is 3. The van der Waals surface area contributed by atoms with Crippen molar-refractivity contribution in [1.82, 2.24) is 9.88 Å². The van der Waals surface area contributed by atoms with Crippen molar-refractivity contribution in [3.05, 3.63) is 30.1 Å². The van der Waals surface area contributed by atoms with Crippen LogP contribution in [0, 0.1) is 0 Å². The Morgan fingerprint density at radius 2 is 2.28 bits per heavy atom. The van der Waals surface area contributed by atoms with Gasteiger partial charge in [0.05, 0.1) is 0 Å². The van der Waals surface area contributed by atoms with Crippen molar-refractivity contribution in [1.29, 1.82) is 0 Å². The number of nitrogens with zero attached hydrogens (tertiary/aromatic N) is 2. The van der Waals surface area contributed by atoms with E-state index in [1.165, 1.54) is 5.56 Å². The molecule has 1 aliphatic heterocycles. The minimum absolute atomic E-state index is 0.229. The van der Waals surface area contributed by atoms with Gasteiger partial charge in [-0.25, -0.2) is 0 Å². The van der Waals surface area contributed by atoms with Crippen molar-refractivity contribution in [2.75, 3.05) is 13.1 Å². The van der Waals surface area contributed by atoms with Gasteiger partial charge in [0.15, 0.2) is 0 Å². The summed E-state index contributed by atoms with van der Waals surface area (Å²) in [6.07, 6.45) is 6.23. The normalized spacial score (nSPS) is 21.0. The summed E-state index contributed by atoms with van der Waals surface area (Å²) in [7, 11) is 0. The number of amides is 1. The summed E-state index contributed by atoms with van der Waals surface area (Å²) >= 11 is 0. The molecular weight excluding hydrogens is 226 g/mol. The van der Waals surface area contributed by atoms with Gasteiger partial charge in [-0.05, 0) is 36.5 Å². The lowest BCUT2D eigenvalue weighted by Gasteiger charge is -2.25. The predicted molar refractivity (Wildman–Crippen MR) is 71.1 cm³/mol. The highest BCUT2D eigenvalue weighted by Crippen LogP contribution is 2.23. The maximum absolute atomic E-state index is 12.3. The summed E-state index contributed by atoms with van der Waals surface area (Å²) in [5.74, 6) is 0.465. The first-order valence-electron chi connectivity index (χ1n) is 6.62. The molecule has 0 bridgehead atoms. The number of aromatic nitrogens is 1. The van der Waals surface area contributed by atoms with Crippen molar-refractivity contribution >= 4 is 5.91 Å². The molecule has 4 nitrogen and oxygen atoms in total. The van der Waals surface area contributed by atoms with Crippen LogP contribution in [0.15, 0.2) is 24.5 Å². The standard InChI is InChI=1S/C14H21N3O/c1-11(12-4-6-16-7-5-12)9-14(18)17-8-2-3-13(17)10-15/h4-7,11,13H,2-3,8-10,15H2,1H3/t11-,13+/m1/s1. The van der Waals surface area contributed by atoms with Gasteiger partial charge >= 0.3 is 0 Å². The third-order valence-corrected chi connectivity index (χ3v) is 3.73. The molecule has 1 aromatic rings. The van der Waals surface area contributed by atoms with E-state index in [1.54, 1.807) is 12.4 Å². The van der Waals surface area contributed by atoms with Crippen molar-refractivity contribution in [2.45, 2.75) is 38.1 Å². The second-order valence-corrected chi connectivity index (χ2v) is 5.00. The smallest absolute Gasteiger partial charge is 0.223 e. The molecule has 0 spiro atoms. The lowest BCUT2D eigenvalue weighted by atomic mass is 9.98. The molecule has 0 radical (unpaired) electrons. The predicted octanol–water partition coefficient (Wildman–Crippen LogP) is 1.52. The molecule has 1 aliphatic rings. The number of carbonyl (C=O) groups excluding carboxylic acids is 1. The summed E-state index contributed by atoms with van der Waals surface area (Å²) in [5.41, 5.74) is 6.87. The first-order chi connectivity index (χ1) is 8.72. The van der Waals surface area contributed by atoms with Gasteiger partial charge in [0.1, 0.15) is 0 Å². The molecule has 0 aromatic carbocycles. The molecule has 2 atom stereocenters. The molecule has 1 saturated heterocycles. The zero-order valence-electron chi connectivity index (χ0n) is 10.9. The molecule has 2 rings (SSSR count). The van der Waals surface area contributed by atoms with Crippen LogP contribution in [-0.2, 0) is 4.79 Å². The van der Waals surface area contributed by atoms with Crippen LogP contribution >= 0.6 is 0 Å². The van der Waals surface area contributed by atoms with Gasteiger partial charge in [-0.15, -0.1) is 0 Å². The van der Waals surface area contributed by atoms with Gasteiger partial charge in [-0.2, -0.15) is 0 Å². The van der Waals surface area contributed by atoms with E-state index in [1.807, 2.05) is 17.0 Å². The molecule has 0 aliphatic carbocycles. The van der Waals surface area contributed by atoms with Crippen LogP contribution in [0.25, 0.3) is 0 Å². The Morgan fingerprint density at radius 1 is 1.56 bits per heavy atom. The molecule has 2 heterocycles. The monoisotopic (exact) mass is 247 g/mol. The van der Waals surface area contributed by atoms with Gasteiger partial charge in [-0.1, -0.05) is 6.92 Å². The molecule has 1 aromatic heterocycles. The Kier molecular flexibility index (Phi) is 4.31. The number of pyridine rings is 1. The number of carbonyl (C=O) groups is 1. The van der Waals surface area contributed by atoms with Crippen molar-refractivity contribution < 1.29 is 4.79 Å². The molecule has 0 saturated carbocycles. The van der Waals surface area contributed by atoms with Crippen LogP contribution in [0.5, 0.6) is 0 Å². The maximum atomic E-state index is 12.3. The third-order valence-electron chi connectivity index (χ3n) is 3.73. The number of hydrogen-bond donors (Lipinski definition) is 1. The van der Waals surface area contributed by atoms with E-state index in [9.17, 15) is 4.79 Å². The highest BCUT2D eigenvalue weighted by atomic mass is 16.2. The quantitative estimate of drug-likeness (QED) is 0.877. The SMILES string of the molecule is C[C@H](CC(=O)N1CCC[C@H]1CN)c1ccncc1. The highest BCUT2D eigenvalue weighted by molar-refractivity contribution is 5.77. The molecule has 1 amide bonds. The van der Waals surface area contributed by atoms with E-state index < -0.39 is 0 Å². The second-order valence-electron chi connectivity index (χ2n) is 5.00. The largest absolute Gasteiger partial charge is 0.338 e. The number of rotatable bonds is 4. The molecule has 2 N–H and O–H groups in total. The van der Waals surface area contributed by atoms with Gasteiger partial charge in [0.25, 0.3) is 0 Å². The maximum Gasteiger partial charge on any atom is 0.223 e. The molecule has 18 heavy (non-hydrogen) atoms. The number of nitrogens with two attached hydrogens (primary N) is 1. The average Bonchev–Trinajstić information content (AvgIpc) is 2.88. The van der Waals surface area contributed by atoms with Crippen molar-refractivity contribution in [2.24, 2.45) is 5.73 Å². The Balaban J connectivity index is 1.95. The van der Waals surface area contributed by atoms with E-state index in [2.05, 4.69) is 11.9 Å². The van der Waals surface area contributed by atoms with Crippen LogP contribution in [0.1, 0.15) is 37.7 Å². The van der Waals surface area contributed by atoms with Crippen molar-refractivity contribution in [3.8, 4) is 0 Å². The summed E-state index contributed by atoms with van der Waals surface area (Å²) in [6, 6.07) is 4.20. The zero-order chi connectivity index (χ0) is 13.0. The second kappa shape index (κ2) is 5.96. The van der Waals surface area contributed by atoms with E-state index in [0.717, 1.165) is 19.4 Å². The van der Waals surface area contributed by atoms with Gasteiger partial charge in [0, 0.05) is 37.9 Å². The first-order valence-corrected chi connectivity index (χ1v) is 6.62. The Labute approximate surface area is 108 Å². The van der Waals surface area contributed by atoms with E-state index in [0.29, 0.717) is 13.0 Å². The topological polar surface area (TPSA) is 59.2 Å². The van der Waals surface area contributed by atoms with E-state index in [-0.39, 0.29) is 17.9 Å². The van der Waals surface area contributed by atoms with Crippen LogP contribution in [0.4, 0.5) is 0 Å². The fourth-order valence-electron chi connectivity index (χ4n) is 2.60. The summed E-state index contributed by atoms with van der Waals surface area (Å²) < 4.78 is 0. The lowest BCUT2D eigenvalue weighted by molar-refractivity contribution is -0.132. The van der Waals surface area contributed by atoms with Gasteiger partial charge < -0.3 is 10.6 Å². The van der Waals surface area contributed by atoms with Crippen LogP contribution < -0.4 is 5.73 Å². The van der Waals surface area contributed by atoms with Gasteiger partial charge in [-0.3, -0.25) is 9.78 Å². The Morgan fingerprint density at radius 3 is 2.94 bits per heavy atom. The van der Waals surface area contributed by atoms with Crippen molar-refractivity contribution in [3.63, 3.8) is 0 Å². The molecule has 98 valence electrons. The molecule has 1 fully saturated rings. The molecular formula is C14H21N3O. The zero-order valence-corrected chi connectivity index (χ0v) is 10.9. The molecule has 4 heteroatoms. The van der Waals surface area contributed by atoms with Crippen LogP contribution in [-0.4, -0.2) is 34.9 Å². The summed E-state index contributed by atoms with van der Waals surface area (Å²) in [5, 5.41) is 0. The summed E-state index contributed by atoms with van der Waals surface area (Å²) in [6.45, 7) is 3.53. The first kappa shape index (κ1) is 13.0. The third kappa shape index (κ3) is 2.88. The van der Waals surface area contributed by atoms with E-state index in [4.69, 9.17) is 5.73 Å². The summed E-state index contributed by atoms with van der Waals surface area (Å²) in [4.78, 5) is 18.2. The van der Waals surface area contributed by atoms with E-state index >= 15 is 0 Å². The van der Waals surface area contributed by atoms with Crippen LogP contribution in [0.2, 0.25) is 0 Å². The van der Waals surface area contributed by atoms with Gasteiger partial charge in [0.2, 0.25) is 5.91 Å². The lowest BCUT2D eigenvalue weighted by Crippen LogP contribution is -2.40.